The van der Waals surface area contributed by atoms with Gasteiger partial charge in [0.25, 0.3) is 0 Å². The average molecular weight is 447 g/mol. The first-order valence-electron chi connectivity index (χ1n) is 10.8. The molecule has 0 saturated carbocycles. The van der Waals surface area contributed by atoms with E-state index >= 15 is 0 Å². The van der Waals surface area contributed by atoms with Crippen LogP contribution in [0.1, 0.15) is 10.5 Å². The summed E-state index contributed by atoms with van der Waals surface area (Å²) in [5.74, 6) is -0.817. The number of hydrogen-bond acceptors (Lipinski definition) is 4. The number of esters is 1. The third kappa shape index (κ3) is 3.19. The zero-order valence-electron chi connectivity index (χ0n) is 18.2. The lowest BCUT2D eigenvalue weighted by Crippen LogP contribution is -2.05. The van der Waals surface area contributed by atoms with Gasteiger partial charge in [-0.2, -0.15) is 0 Å². The second kappa shape index (κ2) is 7.78. The Balaban J connectivity index is 1.70. The van der Waals surface area contributed by atoms with E-state index in [1.54, 1.807) is 18.2 Å². The zero-order chi connectivity index (χ0) is 23.2. The Bertz CT molecular complexity index is 1720. The van der Waals surface area contributed by atoms with E-state index in [-0.39, 0.29) is 11.5 Å². The summed E-state index contributed by atoms with van der Waals surface area (Å²) in [5.41, 5.74) is 5.59. The Morgan fingerprint density at radius 1 is 0.853 bits per heavy atom. The fourth-order valence-corrected chi connectivity index (χ4v) is 4.41. The maximum Gasteiger partial charge on any atom is 0.356 e. The molecule has 0 aliphatic rings. The summed E-state index contributed by atoms with van der Waals surface area (Å²) in [6, 6.07) is 25.7. The van der Waals surface area contributed by atoms with Crippen LogP contribution in [0.4, 0.5) is 4.39 Å². The van der Waals surface area contributed by atoms with Gasteiger partial charge in [-0.05, 0) is 47.5 Å². The second-order valence-electron chi connectivity index (χ2n) is 8.02. The van der Waals surface area contributed by atoms with Gasteiger partial charge in [-0.25, -0.2) is 19.2 Å². The molecule has 34 heavy (non-hydrogen) atoms. The summed E-state index contributed by atoms with van der Waals surface area (Å²) in [6.45, 7) is 0. The van der Waals surface area contributed by atoms with Crippen molar-refractivity contribution in [1.29, 1.82) is 0 Å². The van der Waals surface area contributed by atoms with Gasteiger partial charge in [0.05, 0.1) is 23.8 Å². The highest BCUT2D eigenvalue weighted by Crippen LogP contribution is 2.36. The van der Waals surface area contributed by atoms with E-state index in [1.165, 1.54) is 19.2 Å². The third-order valence-corrected chi connectivity index (χ3v) is 6.00. The van der Waals surface area contributed by atoms with Gasteiger partial charge in [0, 0.05) is 21.7 Å². The molecule has 0 atom stereocenters. The standard InChI is InChI=1S/C28H18FN3O2/c1-34-28(33)25-15-21-19-7-3-5-9-23(19)31-26(21)27(32-25)24-14-20(16-10-12-17(29)13-11-16)18-6-2-4-8-22(18)30-24/h2-15,31H,1H3. The van der Waals surface area contributed by atoms with Crippen LogP contribution in [-0.4, -0.2) is 28.0 Å². The molecule has 3 heterocycles. The van der Waals surface area contributed by atoms with Crippen LogP contribution >= 0.6 is 0 Å². The molecular weight excluding hydrogens is 429 g/mol. The molecule has 3 aromatic heterocycles. The smallest absolute Gasteiger partial charge is 0.356 e. The van der Waals surface area contributed by atoms with Gasteiger partial charge < -0.3 is 9.72 Å². The van der Waals surface area contributed by atoms with Gasteiger partial charge in [0.1, 0.15) is 17.2 Å². The van der Waals surface area contributed by atoms with Gasteiger partial charge in [-0.1, -0.05) is 48.5 Å². The molecule has 0 unspecified atom stereocenters. The molecule has 0 saturated heterocycles. The fourth-order valence-electron chi connectivity index (χ4n) is 4.41. The van der Waals surface area contributed by atoms with Crippen molar-refractivity contribution in [2.24, 2.45) is 0 Å². The van der Waals surface area contributed by atoms with Crippen molar-refractivity contribution in [3.8, 4) is 22.5 Å². The van der Waals surface area contributed by atoms with Gasteiger partial charge in [0.2, 0.25) is 0 Å². The van der Waals surface area contributed by atoms with E-state index in [9.17, 15) is 9.18 Å². The Morgan fingerprint density at radius 2 is 1.59 bits per heavy atom. The molecule has 5 nitrogen and oxygen atoms in total. The lowest BCUT2D eigenvalue weighted by molar-refractivity contribution is 0.0594. The van der Waals surface area contributed by atoms with E-state index in [0.29, 0.717) is 11.4 Å². The quantitative estimate of drug-likeness (QED) is 0.314. The molecule has 0 radical (unpaired) electrons. The molecule has 0 fully saturated rings. The predicted octanol–water partition coefficient (Wildman–Crippen LogP) is 6.52. The SMILES string of the molecule is COC(=O)c1cc2c([nH]c3ccccc32)c(-c2cc(-c3ccc(F)cc3)c3ccccc3n2)n1. The fraction of sp³-hybridized carbons (Fsp3) is 0.0357. The van der Waals surface area contributed by atoms with E-state index < -0.39 is 5.97 Å². The minimum Gasteiger partial charge on any atom is -0.464 e. The van der Waals surface area contributed by atoms with Crippen molar-refractivity contribution in [3.05, 3.63) is 96.4 Å². The summed E-state index contributed by atoms with van der Waals surface area (Å²) in [7, 11) is 1.34. The molecule has 0 aliphatic carbocycles. The summed E-state index contributed by atoms with van der Waals surface area (Å²) in [6.07, 6.45) is 0. The highest BCUT2D eigenvalue weighted by atomic mass is 19.1. The van der Waals surface area contributed by atoms with Gasteiger partial charge in [0.15, 0.2) is 0 Å². The zero-order valence-corrected chi connectivity index (χ0v) is 18.2. The maximum atomic E-state index is 13.6. The van der Waals surface area contributed by atoms with E-state index in [0.717, 1.165) is 43.8 Å². The number of ether oxygens (including phenoxy) is 1. The van der Waals surface area contributed by atoms with Crippen LogP contribution < -0.4 is 0 Å². The topological polar surface area (TPSA) is 67.9 Å². The monoisotopic (exact) mass is 447 g/mol. The maximum absolute atomic E-state index is 13.6. The number of nitrogens with zero attached hydrogens (tertiary/aromatic N) is 2. The number of benzene rings is 3. The number of halogens is 1. The minimum absolute atomic E-state index is 0.202. The largest absolute Gasteiger partial charge is 0.464 e. The molecule has 3 aromatic carbocycles. The van der Waals surface area contributed by atoms with Gasteiger partial charge in [-0.3, -0.25) is 0 Å². The summed E-state index contributed by atoms with van der Waals surface area (Å²) in [5, 5.41) is 2.78. The van der Waals surface area contributed by atoms with Crippen molar-refractivity contribution in [1.82, 2.24) is 15.0 Å². The van der Waals surface area contributed by atoms with Crippen molar-refractivity contribution in [3.63, 3.8) is 0 Å². The van der Waals surface area contributed by atoms with E-state index in [2.05, 4.69) is 9.97 Å². The normalized spacial score (nSPS) is 11.4. The van der Waals surface area contributed by atoms with Crippen molar-refractivity contribution < 1.29 is 13.9 Å². The molecule has 0 spiro atoms. The Hall–Kier alpha value is -4.58. The van der Waals surface area contributed by atoms with Gasteiger partial charge >= 0.3 is 5.97 Å². The molecule has 0 amide bonds. The van der Waals surface area contributed by atoms with Crippen molar-refractivity contribution in [2.75, 3.05) is 7.11 Å². The molecular formula is C28H18FN3O2. The molecule has 6 heteroatoms. The van der Waals surface area contributed by atoms with Crippen LogP contribution in [-0.2, 0) is 4.74 Å². The third-order valence-electron chi connectivity index (χ3n) is 6.00. The van der Waals surface area contributed by atoms with Crippen LogP contribution in [0.3, 0.4) is 0 Å². The number of nitrogens with one attached hydrogen (secondary N) is 1. The molecule has 6 rings (SSSR count). The minimum atomic E-state index is -0.520. The first-order valence-corrected chi connectivity index (χ1v) is 10.8. The number of fused-ring (bicyclic) bond motifs is 4. The molecule has 164 valence electrons. The second-order valence-corrected chi connectivity index (χ2v) is 8.02. The van der Waals surface area contributed by atoms with Crippen molar-refractivity contribution >= 4 is 38.7 Å². The average Bonchev–Trinajstić information content (AvgIpc) is 3.26. The molecule has 6 aromatic rings. The Labute approximate surface area is 193 Å². The Morgan fingerprint density at radius 3 is 2.38 bits per heavy atom. The number of hydrogen-bond donors (Lipinski definition) is 1. The summed E-state index contributed by atoms with van der Waals surface area (Å²) < 4.78 is 18.6. The summed E-state index contributed by atoms with van der Waals surface area (Å²) in [4.78, 5) is 25.5. The number of carbonyl (C=O) groups excluding carboxylic acids is 1. The van der Waals surface area contributed by atoms with Crippen LogP contribution in [0.15, 0.2) is 84.9 Å². The van der Waals surface area contributed by atoms with Crippen LogP contribution in [0.2, 0.25) is 0 Å². The van der Waals surface area contributed by atoms with Crippen LogP contribution in [0.5, 0.6) is 0 Å². The number of rotatable bonds is 3. The highest BCUT2D eigenvalue weighted by molar-refractivity contribution is 6.13. The lowest BCUT2D eigenvalue weighted by atomic mass is 9.99. The first-order chi connectivity index (χ1) is 16.6. The lowest BCUT2D eigenvalue weighted by Gasteiger charge is -2.11. The number of aromatic amines is 1. The van der Waals surface area contributed by atoms with E-state index in [4.69, 9.17) is 9.72 Å². The first kappa shape index (κ1) is 20.1. The number of H-pyrrole nitrogens is 1. The summed E-state index contributed by atoms with van der Waals surface area (Å²) >= 11 is 0. The molecule has 0 aliphatic heterocycles. The number of methoxy groups -OCH3 is 1. The number of carbonyl (C=O) groups is 1. The molecule has 0 bridgehead atoms. The van der Waals surface area contributed by atoms with Crippen LogP contribution in [0.25, 0.3) is 55.2 Å². The number of aromatic nitrogens is 3. The van der Waals surface area contributed by atoms with Gasteiger partial charge in [-0.15, -0.1) is 0 Å². The predicted molar refractivity (Wildman–Crippen MR) is 131 cm³/mol. The van der Waals surface area contributed by atoms with Crippen molar-refractivity contribution in [2.45, 2.75) is 0 Å². The Kier molecular flexibility index (Phi) is 4.59. The number of pyridine rings is 2. The van der Waals surface area contributed by atoms with E-state index in [1.807, 2.05) is 54.6 Å². The molecule has 1 N–H and O–H groups in total. The van der Waals surface area contributed by atoms with Crippen LogP contribution in [0, 0.1) is 5.82 Å². The highest BCUT2D eigenvalue weighted by Gasteiger charge is 2.19. The number of para-hydroxylation sites is 2.